The molecule has 0 aliphatic heterocycles. The molecule has 5 heteroatoms. The number of hydrogen-bond acceptors (Lipinski definition) is 4. The average molecular weight is 267 g/mol. The number of carbonyl (C=O) groups excluding carboxylic acids is 1. The third kappa shape index (κ3) is 4.23. The van der Waals surface area contributed by atoms with Crippen LogP contribution >= 0.6 is 11.8 Å². The Morgan fingerprint density at radius 1 is 1.50 bits per heavy atom. The maximum Gasteiger partial charge on any atom is 0.243 e. The minimum atomic E-state index is -0.449. The van der Waals surface area contributed by atoms with Crippen molar-refractivity contribution in [3.63, 3.8) is 0 Å². The van der Waals surface area contributed by atoms with Crippen molar-refractivity contribution in [2.45, 2.75) is 19.4 Å². The fourth-order valence-electron chi connectivity index (χ4n) is 1.59. The lowest BCUT2D eigenvalue weighted by Crippen LogP contribution is -2.42. The minimum absolute atomic E-state index is 0.0719. The molecule has 1 amide bonds. The molecule has 0 heterocycles. The molecule has 0 aliphatic rings. The van der Waals surface area contributed by atoms with Gasteiger partial charge < -0.3 is 16.4 Å². The summed E-state index contributed by atoms with van der Waals surface area (Å²) in [5.74, 6) is 1.89. The quantitative estimate of drug-likeness (QED) is 0.608. The van der Waals surface area contributed by atoms with Gasteiger partial charge in [-0.2, -0.15) is 11.8 Å². The SMILES string of the molecule is CCSCC[C@H](N)C(=O)N(C)c1cccc(N)c1. The molecule has 1 aromatic rings. The second-order valence-corrected chi connectivity index (χ2v) is 5.48. The van der Waals surface area contributed by atoms with Gasteiger partial charge in [0.2, 0.25) is 5.91 Å². The Morgan fingerprint density at radius 2 is 2.22 bits per heavy atom. The first-order chi connectivity index (χ1) is 8.56. The number of carbonyl (C=O) groups is 1. The molecule has 0 saturated carbocycles. The predicted octanol–water partition coefficient (Wildman–Crippen LogP) is 1.70. The van der Waals surface area contributed by atoms with Crippen LogP contribution in [0.25, 0.3) is 0 Å². The van der Waals surface area contributed by atoms with E-state index in [0.29, 0.717) is 12.1 Å². The van der Waals surface area contributed by atoms with Gasteiger partial charge in [-0.3, -0.25) is 4.79 Å². The van der Waals surface area contributed by atoms with E-state index in [9.17, 15) is 4.79 Å². The molecule has 0 aliphatic carbocycles. The first-order valence-electron chi connectivity index (χ1n) is 6.02. The summed E-state index contributed by atoms with van der Waals surface area (Å²) in [4.78, 5) is 13.7. The van der Waals surface area contributed by atoms with E-state index in [1.807, 2.05) is 12.1 Å². The smallest absolute Gasteiger partial charge is 0.243 e. The van der Waals surface area contributed by atoms with Gasteiger partial charge in [0.1, 0.15) is 0 Å². The molecular formula is C13H21N3OS. The van der Waals surface area contributed by atoms with E-state index in [1.165, 1.54) is 0 Å². The topological polar surface area (TPSA) is 72.4 Å². The summed E-state index contributed by atoms with van der Waals surface area (Å²) in [6.45, 7) is 2.09. The maximum absolute atomic E-state index is 12.1. The fraction of sp³-hybridized carbons (Fsp3) is 0.462. The normalized spacial score (nSPS) is 12.2. The van der Waals surface area contributed by atoms with E-state index in [0.717, 1.165) is 17.2 Å². The number of nitrogens with zero attached hydrogens (tertiary/aromatic N) is 1. The lowest BCUT2D eigenvalue weighted by atomic mass is 10.2. The molecule has 0 radical (unpaired) electrons. The van der Waals surface area contributed by atoms with E-state index in [1.54, 1.807) is 35.8 Å². The number of nitrogens with two attached hydrogens (primary N) is 2. The second kappa shape index (κ2) is 7.28. The third-order valence-corrected chi connectivity index (χ3v) is 3.62. The van der Waals surface area contributed by atoms with E-state index >= 15 is 0 Å². The van der Waals surface area contributed by atoms with E-state index in [2.05, 4.69) is 6.92 Å². The highest BCUT2D eigenvalue weighted by Gasteiger charge is 2.18. The Labute approximate surface area is 113 Å². The molecule has 4 nitrogen and oxygen atoms in total. The van der Waals surface area contributed by atoms with Crippen molar-refractivity contribution in [2.24, 2.45) is 5.73 Å². The van der Waals surface area contributed by atoms with Crippen molar-refractivity contribution in [3.8, 4) is 0 Å². The monoisotopic (exact) mass is 267 g/mol. The molecule has 0 unspecified atom stereocenters. The summed E-state index contributed by atoms with van der Waals surface area (Å²) in [5, 5.41) is 0. The lowest BCUT2D eigenvalue weighted by molar-refractivity contribution is -0.119. The van der Waals surface area contributed by atoms with Gasteiger partial charge in [-0.25, -0.2) is 0 Å². The van der Waals surface area contributed by atoms with Crippen molar-refractivity contribution < 1.29 is 4.79 Å². The Kier molecular flexibility index (Phi) is 6.01. The van der Waals surface area contributed by atoms with E-state index in [4.69, 9.17) is 11.5 Å². The van der Waals surface area contributed by atoms with Gasteiger partial charge >= 0.3 is 0 Å². The molecule has 0 aromatic heterocycles. The molecule has 0 spiro atoms. The zero-order valence-corrected chi connectivity index (χ0v) is 11.7. The number of thioether (sulfide) groups is 1. The van der Waals surface area contributed by atoms with Crippen LogP contribution in [0.2, 0.25) is 0 Å². The number of nitrogen functional groups attached to an aromatic ring is 1. The second-order valence-electron chi connectivity index (χ2n) is 4.08. The van der Waals surface area contributed by atoms with Gasteiger partial charge in [-0.15, -0.1) is 0 Å². The Morgan fingerprint density at radius 3 is 2.83 bits per heavy atom. The third-order valence-electron chi connectivity index (χ3n) is 2.68. The van der Waals surface area contributed by atoms with Crippen LogP contribution in [-0.4, -0.2) is 30.5 Å². The summed E-state index contributed by atoms with van der Waals surface area (Å²) in [6.07, 6.45) is 0.698. The van der Waals surface area contributed by atoms with Gasteiger partial charge in [0.15, 0.2) is 0 Å². The number of anilines is 2. The highest BCUT2D eigenvalue weighted by Crippen LogP contribution is 2.17. The van der Waals surface area contributed by atoms with E-state index in [-0.39, 0.29) is 5.91 Å². The summed E-state index contributed by atoms with van der Waals surface area (Å²) in [6, 6.07) is 6.79. The van der Waals surface area contributed by atoms with Crippen molar-refractivity contribution in [2.75, 3.05) is 29.2 Å². The van der Waals surface area contributed by atoms with Crippen LogP contribution in [0.4, 0.5) is 11.4 Å². The first-order valence-corrected chi connectivity index (χ1v) is 7.18. The van der Waals surface area contributed by atoms with Gasteiger partial charge in [-0.05, 0) is 36.1 Å². The molecule has 1 rings (SSSR count). The van der Waals surface area contributed by atoms with Crippen LogP contribution in [0.1, 0.15) is 13.3 Å². The number of benzene rings is 1. The molecule has 100 valence electrons. The zero-order valence-electron chi connectivity index (χ0n) is 10.9. The van der Waals surface area contributed by atoms with Crippen LogP contribution in [0.5, 0.6) is 0 Å². The number of rotatable bonds is 6. The van der Waals surface area contributed by atoms with Crippen LogP contribution in [0, 0.1) is 0 Å². The standard InChI is InChI=1S/C13H21N3OS/c1-3-18-8-7-12(15)13(17)16(2)11-6-4-5-10(14)9-11/h4-6,9,12H,3,7-8,14-15H2,1-2H3/t12-/m0/s1. The van der Waals surface area contributed by atoms with Crippen LogP contribution in [0.3, 0.4) is 0 Å². The summed E-state index contributed by atoms with van der Waals surface area (Å²) < 4.78 is 0. The Bertz CT molecular complexity index is 398. The van der Waals surface area contributed by atoms with Crippen molar-refractivity contribution in [3.05, 3.63) is 24.3 Å². The summed E-state index contributed by atoms with van der Waals surface area (Å²) in [5.41, 5.74) is 13.0. The fourth-order valence-corrected chi connectivity index (χ4v) is 2.30. The Balaban J connectivity index is 2.60. The largest absolute Gasteiger partial charge is 0.399 e. The van der Waals surface area contributed by atoms with E-state index < -0.39 is 6.04 Å². The average Bonchev–Trinajstić information content (AvgIpc) is 2.37. The maximum atomic E-state index is 12.1. The van der Waals surface area contributed by atoms with Crippen molar-refractivity contribution in [1.82, 2.24) is 0 Å². The number of likely N-dealkylation sites (N-methyl/N-ethyl adjacent to an activating group) is 1. The highest BCUT2D eigenvalue weighted by molar-refractivity contribution is 7.99. The van der Waals surface area contributed by atoms with Gasteiger partial charge in [-0.1, -0.05) is 13.0 Å². The highest BCUT2D eigenvalue weighted by atomic mass is 32.2. The molecule has 4 N–H and O–H groups in total. The molecule has 0 saturated heterocycles. The van der Waals surface area contributed by atoms with Crippen LogP contribution in [0.15, 0.2) is 24.3 Å². The van der Waals surface area contributed by atoms with Gasteiger partial charge in [0.25, 0.3) is 0 Å². The predicted molar refractivity (Wildman–Crippen MR) is 79.9 cm³/mol. The van der Waals surface area contributed by atoms with Gasteiger partial charge in [0.05, 0.1) is 6.04 Å². The summed E-state index contributed by atoms with van der Waals surface area (Å²) >= 11 is 1.79. The first kappa shape index (κ1) is 14.9. The molecular weight excluding hydrogens is 246 g/mol. The molecule has 18 heavy (non-hydrogen) atoms. The van der Waals surface area contributed by atoms with Gasteiger partial charge in [0, 0.05) is 18.4 Å². The molecule has 0 fully saturated rings. The molecule has 1 atom stereocenters. The molecule has 0 bridgehead atoms. The van der Waals surface area contributed by atoms with Crippen LogP contribution < -0.4 is 16.4 Å². The zero-order chi connectivity index (χ0) is 13.5. The number of hydrogen-bond donors (Lipinski definition) is 2. The van der Waals surface area contributed by atoms with Crippen molar-refractivity contribution in [1.29, 1.82) is 0 Å². The lowest BCUT2D eigenvalue weighted by Gasteiger charge is -2.21. The van der Waals surface area contributed by atoms with Crippen molar-refractivity contribution >= 4 is 29.0 Å². The number of amides is 1. The molecule has 1 aromatic carbocycles. The Hall–Kier alpha value is -1.20. The summed E-state index contributed by atoms with van der Waals surface area (Å²) in [7, 11) is 1.73. The minimum Gasteiger partial charge on any atom is -0.399 e. The van der Waals surface area contributed by atoms with Crippen LogP contribution in [-0.2, 0) is 4.79 Å².